The average molecular weight is 298 g/mol. The molecule has 1 fully saturated rings. The molecule has 1 unspecified atom stereocenters. The van der Waals surface area contributed by atoms with E-state index in [1.54, 1.807) is 11.3 Å². The molecule has 1 heterocycles. The van der Waals surface area contributed by atoms with Crippen LogP contribution in [0.15, 0.2) is 35.8 Å². The third-order valence-electron chi connectivity index (χ3n) is 5.07. The maximum absolute atomic E-state index is 4.70. The molecule has 0 bridgehead atoms. The van der Waals surface area contributed by atoms with Gasteiger partial charge in [0.15, 0.2) is 0 Å². The van der Waals surface area contributed by atoms with Crippen LogP contribution in [-0.2, 0) is 11.0 Å². The Morgan fingerprint density at radius 3 is 2.57 bits per heavy atom. The number of aromatic nitrogens is 1. The molecule has 1 N–H and O–H groups in total. The van der Waals surface area contributed by atoms with E-state index in [-0.39, 0.29) is 11.0 Å². The highest BCUT2D eigenvalue weighted by Crippen LogP contribution is 2.49. The summed E-state index contributed by atoms with van der Waals surface area (Å²) < 4.78 is 0. The molecule has 2 nitrogen and oxygen atoms in total. The minimum absolute atomic E-state index is 0.0680. The number of benzene rings is 1. The third-order valence-corrected chi connectivity index (χ3v) is 6.00. The van der Waals surface area contributed by atoms with Gasteiger partial charge >= 0.3 is 0 Å². The van der Waals surface area contributed by atoms with Crippen molar-refractivity contribution in [1.82, 2.24) is 10.3 Å². The first-order chi connectivity index (χ1) is 10.1. The normalized spacial score (nSPS) is 27.3. The van der Waals surface area contributed by atoms with Crippen molar-refractivity contribution in [2.45, 2.75) is 56.5 Å². The fourth-order valence-electron chi connectivity index (χ4n) is 3.66. The number of fused-ring (bicyclic) bond motifs is 1. The second-order valence-electron chi connectivity index (χ2n) is 7.09. The summed E-state index contributed by atoms with van der Waals surface area (Å²) in [7, 11) is 0. The summed E-state index contributed by atoms with van der Waals surface area (Å²) in [5.74, 6) is 0. The molecule has 2 aliphatic carbocycles. The van der Waals surface area contributed by atoms with Crippen LogP contribution < -0.4 is 5.32 Å². The van der Waals surface area contributed by atoms with E-state index in [1.807, 2.05) is 6.20 Å². The fraction of sp³-hybridized carbons (Fsp3) is 0.500. The zero-order valence-electron chi connectivity index (χ0n) is 12.7. The predicted molar refractivity (Wildman–Crippen MR) is 87.8 cm³/mol. The summed E-state index contributed by atoms with van der Waals surface area (Å²) in [6.07, 6.45) is 6.89. The fourth-order valence-corrected chi connectivity index (χ4v) is 4.50. The van der Waals surface area contributed by atoms with E-state index in [2.05, 4.69) is 48.8 Å². The molecule has 1 atom stereocenters. The molecule has 1 aromatic heterocycles. The molecule has 0 radical (unpaired) electrons. The summed E-state index contributed by atoms with van der Waals surface area (Å²) in [6.45, 7) is 4.74. The minimum atomic E-state index is -0.0680. The zero-order valence-corrected chi connectivity index (χ0v) is 13.5. The summed E-state index contributed by atoms with van der Waals surface area (Å²) in [5, 5.41) is 7.29. The van der Waals surface area contributed by atoms with Gasteiger partial charge in [-0.1, -0.05) is 38.1 Å². The Morgan fingerprint density at radius 2 is 1.90 bits per heavy atom. The summed E-state index contributed by atoms with van der Waals surface area (Å²) in [6, 6.07) is 9.65. The maximum atomic E-state index is 4.70. The average Bonchev–Trinajstić information content (AvgIpc) is 3.12. The van der Waals surface area contributed by atoms with E-state index < -0.39 is 0 Å². The van der Waals surface area contributed by atoms with Crippen LogP contribution in [0.5, 0.6) is 0 Å². The van der Waals surface area contributed by atoms with Gasteiger partial charge in [0.05, 0.1) is 5.54 Å². The quantitative estimate of drug-likeness (QED) is 0.918. The standard InChI is InChI=1S/C18H22N2S/c1-17(2)9-10-18(20-13-7-8-13,16-19-11-12-21-16)15-6-4-3-5-14(15)17/h3-6,11-13,20H,7-10H2,1-2H3. The van der Waals surface area contributed by atoms with Gasteiger partial charge in [-0.05, 0) is 42.2 Å². The van der Waals surface area contributed by atoms with E-state index in [1.165, 1.54) is 35.4 Å². The van der Waals surface area contributed by atoms with Crippen molar-refractivity contribution in [2.24, 2.45) is 0 Å². The molecule has 21 heavy (non-hydrogen) atoms. The Kier molecular flexibility index (Phi) is 2.98. The number of nitrogens with one attached hydrogen (secondary N) is 1. The molecule has 1 aromatic carbocycles. The van der Waals surface area contributed by atoms with Crippen molar-refractivity contribution in [3.63, 3.8) is 0 Å². The Hall–Kier alpha value is -1.19. The highest BCUT2D eigenvalue weighted by atomic mass is 32.1. The van der Waals surface area contributed by atoms with Crippen LogP contribution in [0.2, 0.25) is 0 Å². The van der Waals surface area contributed by atoms with Gasteiger partial charge in [-0.25, -0.2) is 4.98 Å². The van der Waals surface area contributed by atoms with E-state index >= 15 is 0 Å². The van der Waals surface area contributed by atoms with E-state index in [0.717, 1.165) is 6.42 Å². The summed E-state index contributed by atoms with van der Waals surface area (Å²) in [5.41, 5.74) is 3.12. The van der Waals surface area contributed by atoms with E-state index in [9.17, 15) is 0 Å². The maximum Gasteiger partial charge on any atom is 0.117 e. The number of nitrogens with zero attached hydrogens (tertiary/aromatic N) is 1. The summed E-state index contributed by atoms with van der Waals surface area (Å²) in [4.78, 5) is 4.70. The predicted octanol–water partition coefficient (Wildman–Crippen LogP) is 4.21. The van der Waals surface area contributed by atoms with Gasteiger partial charge in [0, 0.05) is 17.6 Å². The molecule has 0 saturated heterocycles. The van der Waals surface area contributed by atoms with Gasteiger partial charge in [0.2, 0.25) is 0 Å². The lowest BCUT2D eigenvalue weighted by atomic mass is 9.65. The smallest absolute Gasteiger partial charge is 0.117 e. The molecule has 2 aliphatic rings. The lowest BCUT2D eigenvalue weighted by Gasteiger charge is -2.45. The molecule has 0 aliphatic heterocycles. The molecule has 2 aromatic rings. The van der Waals surface area contributed by atoms with Crippen LogP contribution in [0.3, 0.4) is 0 Å². The van der Waals surface area contributed by atoms with Crippen LogP contribution in [0.4, 0.5) is 0 Å². The first kappa shape index (κ1) is 13.5. The molecule has 110 valence electrons. The second kappa shape index (κ2) is 4.65. The monoisotopic (exact) mass is 298 g/mol. The second-order valence-corrected chi connectivity index (χ2v) is 7.99. The summed E-state index contributed by atoms with van der Waals surface area (Å²) >= 11 is 1.79. The van der Waals surface area contributed by atoms with Gasteiger partial charge < -0.3 is 0 Å². The highest BCUT2D eigenvalue weighted by Gasteiger charge is 2.47. The van der Waals surface area contributed by atoms with Crippen molar-refractivity contribution in [2.75, 3.05) is 0 Å². The molecular formula is C18H22N2S. The first-order valence-electron chi connectivity index (χ1n) is 7.89. The van der Waals surface area contributed by atoms with Crippen LogP contribution in [0.25, 0.3) is 0 Å². The van der Waals surface area contributed by atoms with Gasteiger partial charge in [-0.15, -0.1) is 11.3 Å². The van der Waals surface area contributed by atoms with Gasteiger partial charge in [-0.2, -0.15) is 0 Å². The Labute approximate surface area is 130 Å². The van der Waals surface area contributed by atoms with Crippen molar-refractivity contribution >= 4 is 11.3 Å². The van der Waals surface area contributed by atoms with Crippen LogP contribution in [0.1, 0.15) is 55.7 Å². The van der Waals surface area contributed by atoms with Crippen LogP contribution in [-0.4, -0.2) is 11.0 Å². The van der Waals surface area contributed by atoms with Crippen molar-refractivity contribution in [3.05, 3.63) is 52.0 Å². The Morgan fingerprint density at radius 1 is 1.14 bits per heavy atom. The van der Waals surface area contributed by atoms with Gasteiger partial charge in [-0.3, -0.25) is 5.32 Å². The number of thiazole rings is 1. The van der Waals surface area contributed by atoms with Crippen molar-refractivity contribution in [1.29, 1.82) is 0 Å². The van der Waals surface area contributed by atoms with Gasteiger partial charge in [0.1, 0.15) is 5.01 Å². The van der Waals surface area contributed by atoms with E-state index in [4.69, 9.17) is 4.98 Å². The molecule has 0 spiro atoms. The Bertz CT molecular complexity index is 643. The highest BCUT2D eigenvalue weighted by molar-refractivity contribution is 7.09. The first-order valence-corrected chi connectivity index (χ1v) is 8.77. The topological polar surface area (TPSA) is 24.9 Å². The lowest BCUT2D eigenvalue weighted by molar-refractivity contribution is 0.281. The van der Waals surface area contributed by atoms with Crippen molar-refractivity contribution < 1.29 is 0 Å². The molecule has 0 amide bonds. The van der Waals surface area contributed by atoms with Crippen LogP contribution in [0, 0.1) is 0 Å². The van der Waals surface area contributed by atoms with Crippen LogP contribution >= 0.6 is 11.3 Å². The van der Waals surface area contributed by atoms with Gasteiger partial charge in [0.25, 0.3) is 0 Å². The molecule has 3 heteroatoms. The molecule has 4 rings (SSSR count). The van der Waals surface area contributed by atoms with E-state index in [0.29, 0.717) is 6.04 Å². The van der Waals surface area contributed by atoms with Crippen molar-refractivity contribution in [3.8, 4) is 0 Å². The minimum Gasteiger partial charge on any atom is -0.299 e. The molecular weight excluding hydrogens is 276 g/mol. The zero-order chi connectivity index (χ0) is 14.5. The third kappa shape index (κ3) is 2.14. The number of hydrogen-bond acceptors (Lipinski definition) is 3. The largest absolute Gasteiger partial charge is 0.299 e. The number of hydrogen-bond donors (Lipinski definition) is 1. The molecule has 1 saturated carbocycles. The Balaban J connectivity index is 1.91. The SMILES string of the molecule is CC1(C)CCC(NC2CC2)(c2nccs2)c2ccccc21. The lowest BCUT2D eigenvalue weighted by Crippen LogP contribution is -2.49. The number of rotatable bonds is 3.